The quantitative estimate of drug-likeness (QED) is 0.674. The third-order valence-electron chi connectivity index (χ3n) is 3.30. The SMILES string of the molecule is Nc1ccc(F)cc1Nc1ccccc1-c1ccccc1. The molecule has 0 saturated carbocycles. The Morgan fingerprint density at radius 1 is 0.762 bits per heavy atom. The van der Waals surface area contributed by atoms with Crippen molar-refractivity contribution in [1.29, 1.82) is 0 Å². The Labute approximate surface area is 123 Å². The molecule has 0 spiro atoms. The molecule has 0 heterocycles. The van der Waals surface area contributed by atoms with Crippen LogP contribution in [0, 0.1) is 5.82 Å². The minimum absolute atomic E-state index is 0.316. The summed E-state index contributed by atoms with van der Waals surface area (Å²) in [5, 5.41) is 3.22. The third-order valence-corrected chi connectivity index (χ3v) is 3.30. The van der Waals surface area contributed by atoms with Crippen LogP contribution in [0.3, 0.4) is 0 Å². The van der Waals surface area contributed by atoms with Crippen molar-refractivity contribution in [2.45, 2.75) is 0 Å². The first-order chi connectivity index (χ1) is 10.2. The lowest BCUT2D eigenvalue weighted by Crippen LogP contribution is -1.98. The molecule has 3 N–H and O–H groups in total. The minimum atomic E-state index is -0.316. The fraction of sp³-hybridized carbons (Fsp3) is 0. The van der Waals surface area contributed by atoms with Gasteiger partial charge in [-0.05, 0) is 29.8 Å². The van der Waals surface area contributed by atoms with E-state index in [0.29, 0.717) is 11.4 Å². The van der Waals surface area contributed by atoms with Crippen LogP contribution in [0.2, 0.25) is 0 Å². The highest BCUT2D eigenvalue weighted by molar-refractivity contribution is 5.83. The zero-order chi connectivity index (χ0) is 14.7. The second kappa shape index (κ2) is 5.67. The van der Waals surface area contributed by atoms with Gasteiger partial charge in [-0.3, -0.25) is 0 Å². The number of halogens is 1. The van der Waals surface area contributed by atoms with Gasteiger partial charge in [-0.2, -0.15) is 0 Å². The first-order valence-electron chi connectivity index (χ1n) is 6.70. The van der Waals surface area contributed by atoms with Crippen molar-refractivity contribution in [1.82, 2.24) is 0 Å². The molecule has 0 saturated heterocycles. The van der Waals surface area contributed by atoms with Crippen LogP contribution in [0.4, 0.5) is 21.5 Å². The van der Waals surface area contributed by atoms with Gasteiger partial charge in [-0.1, -0.05) is 48.5 Å². The number of para-hydroxylation sites is 1. The molecule has 3 aromatic carbocycles. The topological polar surface area (TPSA) is 38.0 Å². The Bertz CT molecular complexity index is 754. The molecular formula is C18H15FN2. The van der Waals surface area contributed by atoms with Gasteiger partial charge in [0.15, 0.2) is 0 Å². The fourth-order valence-corrected chi connectivity index (χ4v) is 2.24. The van der Waals surface area contributed by atoms with Crippen molar-refractivity contribution in [3.63, 3.8) is 0 Å². The number of nitrogens with one attached hydrogen (secondary N) is 1. The van der Waals surface area contributed by atoms with Gasteiger partial charge in [0.25, 0.3) is 0 Å². The second-order valence-electron chi connectivity index (χ2n) is 4.77. The highest BCUT2D eigenvalue weighted by atomic mass is 19.1. The normalized spacial score (nSPS) is 10.3. The van der Waals surface area contributed by atoms with Gasteiger partial charge in [-0.25, -0.2) is 4.39 Å². The Balaban J connectivity index is 2.02. The zero-order valence-electron chi connectivity index (χ0n) is 11.4. The van der Waals surface area contributed by atoms with Crippen LogP contribution in [0.5, 0.6) is 0 Å². The Kier molecular flexibility index (Phi) is 3.56. The van der Waals surface area contributed by atoms with E-state index in [0.717, 1.165) is 16.8 Å². The highest BCUT2D eigenvalue weighted by Crippen LogP contribution is 2.32. The van der Waals surface area contributed by atoms with Crippen LogP contribution >= 0.6 is 0 Å². The standard InChI is InChI=1S/C18H15FN2/c19-14-10-11-16(20)18(12-14)21-17-9-5-4-8-15(17)13-6-2-1-3-7-13/h1-12,21H,20H2. The first kappa shape index (κ1) is 13.2. The van der Waals surface area contributed by atoms with Gasteiger partial charge < -0.3 is 11.1 Å². The maximum absolute atomic E-state index is 13.4. The van der Waals surface area contributed by atoms with E-state index >= 15 is 0 Å². The molecule has 0 bridgehead atoms. The van der Waals surface area contributed by atoms with Crippen LogP contribution in [0.1, 0.15) is 0 Å². The zero-order valence-corrected chi connectivity index (χ0v) is 11.4. The largest absolute Gasteiger partial charge is 0.397 e. The fourth-order valence-electron chi connectivity index (χ4n) is 2.24. The smallest absolute Gasteiger partial charge is 0.125 e. The summed E-state index contributed by atoms with van der Waals surface area (Å²) in [7, 11) is 0. The third kappa shape index (κ3) is 2.87. The number of hydrogen-bond acceptors (Lipinski definition) is 2. The summed E-state index contributed by atoms with van der Waals surface area (Å²) < 4.78 is 13.4. The van der Waals surface area contributed by atoms with Crippen molar-refractivity contribution in [3.05, 3.63) is 78.6 Å². The van der Waals surface area contributed by atoms with Gasteiger partial charge in [-0.15, -0.1) is 0 Å². The maximum Gasteiger partial charge on any atom is 0.125 e. The molecule has 21 heavy (non-hydrogen) atoms. The van der Waals surface area contributed by atoms with E-state index in [-0.39, 0.29) is 5.82 Å². The van der Waals surface area contributed by atoms with Gasteiger partial charge in [0.05, 0.1) is 11.4 Å². The molecule has 0 aliphatic heterocycles. The second-order valence-corrected chi connectivity index (χ2v) is 4.77. The lowest BCUT2D eigenvalue weighted by molar-refractivity contribution is 0.628. The first-order valence-corrected chi connectivity index (χ1v) is 6.70. The molecule has 104 valence electrons. The average molecular weight is 278 g/mol. The van der Waals surface area contributed by atoms with Crippen molar-refractivity contribution in [2.24, 2.45) is 0 Å². The molecule has 0 atom stereocenters. The van der Waals surface area contributed by atoms with Crippen LogP contribution in [0.25, 0.3) is 11.1 Å². The van der Waals surface area contributed by atoms with Gasteiger partial charge >= 0.3 is 0 Å². The number of nitrogens with two attached hydrogens (primary N) is 1. The maximum atomic E-state index is 13.4. The van der Waals surface area contributed by atoms with Gasteiger partial charge in [0.1, 0.15) is 5.82 Å². The van der Waals surface area contributed by atoms with Gasteiger partial charge in [0.2, 0.25) is 0 Å². The molecule has 2 nitrogen and oxygen atoms in total. The van der Waals surface area contributed by atoms with E-state index in [9.17, 15) is 4.39 Å². The van der Waals surface area contributed by atoms with Crippen LogP contribution in [0.15, 0.2) is 72.8 Å². The van der Waals surface area contributed by atoms with E-state index in [2.05, 4.69) is 5.32 Å². The van der Waals surface area contributed by atoms with Crippen molar-refractivity contribution in [3.8, 4) is 11.1 Å². The lowest BCUT2D eigenvalue weighted by Gasteiger charge is -2.14. The predicted octanol–water partition coefficient (Wildman–Crippen LogP) is 4.82. The number of rotatable bonds is 3. The van der Waals surface area contributed by atoms with Crippen LogP contribution in [-0.2, 0) is 0 Å². The van der Waals surface area contributed by atoms with E-state index < -0.39 is 0 Å². The predicted molar refractivity (Wildman–Crippen MR) is 86.0 cm³/mol. The monoisotopic (exact) mass is 278 g/mol. The molecule has 0 amide bonds. The Hall–Kier alpha value is -2.81. The molecule has 0 aliphatic rings. The summed E-state index contributed by atoms with van der Waals surface area (Å²) in [5.74, 6) is -0.316. The number of hydrogen-bond donors (Lipinski definition) is 2. The summed E-state index contributed by atoms with van der Waals surface area (Å²) >= 11 is 0. The van der Waals surface area contributed by atoms with E-state index in [1.807, 2.05) is 54.6 Å². The average Bonchev–Trinajstić information content (AvgIpc) is 2.52. The molecule has 3 aromatic rings. The summed E-state index contributed by atoms with van der Waals surface area (Å²) in [6, 6.07) is 22.2. The van der Waals surface area contributed by atoms with E-state index in [4.69, 9.17) is 5.73 Å². The molecule has 0 aromatic heterocycles. The summed E-state index contributed by atoms with van der Waals surface area (Å²) in [6.07, 6.45) is 0. The molecule has 0 fully saturated rings. The highest BCUT2D eigenvalue weighted by Gasteiger charge is 2.07. The Morgan fingerprint density at radius 2 is 1.48 bits per heavy atom. The molecule has 3 heteroatoms. The number of anilines is 3. The minimum Gasteiger partial charge on any atom is -0.397 e. The van der Waals surface area contributed by atoms with Crippen LogP contribution in [-0.4, -0.2) is 0 Å². The molecule has 0 aliphatic carbocycles. The van der Waals surface area contributed by atoms with Crippen molar-refractivity contribution >= 4 is 17.1 Å². The molecule has 3 rings (SSSR count). The summed E-state index contributed by atoms with van der Waals surface area (Å²) in [5.41, 5.74) is 10.0. The van der Waals surface area contributed by atoms with Gasteiger partial charge in [0, 0.05) is 11.3 Å². The molecular weight excluding hydrogens is 263 g/mol. The molecule has 0 radical (unpaired) electrons. The number of nitrogen functional groups attached to an aromatic ring is 1. The number of benzene rings is 3. The van der Waals surface area contributed by atoms with E-state index in [1.165, 1.54) is 12.1 Å². The summed E-state index contributed by atoms with van der Waals surface area (Å²) in [4.78, 5) is 0. The van der Waals surface area contributed by atoms with Crippen LogP contribution < -0.4 is 11.1 Å². The summed E-state index contributed by atoms with van der Waals surface area (Å²) in [6.45, 7) is 0. The van der Waals surface area contributed by atoms with E-state index in [1.54, 1.807) is 6.07 Å². The van der Waals surface area contributed by atoms with Crippen molar-refractivity contribution < 1.29 is 4.39 Å². The van der Waals surface area contributed by atoms with Crippen molar-refractivity contribution in [2.75, 3.05) is 11.1 Å². The lowest BCUT2D eigenvalue weighted by atomic mass is 10.0. The molecule has 0 unspecified atom stereocenters. The Morgan fingerprint density at radius 3 is 2.29 bits per heavy atom.